The molecule has 1 nitrogen and oxygen atoms in total. The molecule has 0 N–H and O–H groups in total. The normalized spacial score (nSPS) is 15.9. The number of hydrogen-bond donors (Lipinski definition) is 0. The highest BCUT2D eigenvalue weighted by Gasteiger charge is 2.47. The van der Waals surface area contributed by atoms with Gasteiger partial charge in [-0.2, -0.15) is 0 Å². The molecular weight excluding hydrogens is 211 g/mol. The van der Waals surface area contributed by atoms with Crippen molar-refractivity contribution in [2.75, 3.05) is 0 Å². The summed E-state index contributed by atoms with van der Waals surface area (Å²) >= 11 is 0. The van der Waals surface area contributed by atoms with E-state index in [0.717, 1.165) is 13.0 Å². The third-order valence-electron chi connectivity index (χ3n) is 3.66. The van der Waals surface area contributed by atoms with Crippen LogP contribution in [0.5, 0.6) is 0 Å². The van der Waals surface area contributed by atoms with Gasteiger partial charge in [0.15, 0.2) is 7.28 Å². The van der Waals surface area contributed by atoms with Crippen molar-refractivity contribution in [3.05, 3.63) is 23.8 Å². The monoisotopic (exact) mass is 235 g/mol. The molecular formula is C13H24BOSi. The first-order valence-corrected chi connectivity index (χ1v) is 8.51. The van der Waals surface area contributed by atoms with Crippen molar-refractivity contribution in [2.45, 2.75) is 58.2 Å². The first kappa shape index (κ1) is 13.6. The summed E-state index contributed by atoms with van der Waals surface area (Å²) in [6, 6.07) is 0. The van der Waals surface area contributed by atoms with Crippen LogP contribution in [0.1, 0.15) is 41.5 Å². The van der Waals surface area contributed by atoms with Gasteiger partial charge in [0.05, 0.1) is 5.76 Å². The highest BCUT2D eigenvalue weighted by Crippen LogP contribution is 2.43. The van der Waals surface area contributed by atoms with E-state index in [1.54, 1.807) is 0 Å². The van der Waals surface area contributed by atoms with Gasteiger partial charge in [-0.3, -0.25) is 0 Å². The molecule has 3 heteroatoms. The van der Waals surface area contributed by atoms with Crippen LogP contribution in [0.2, 0.25) is 16.6 Å². The van der Waals surface area contributed by atoms with Crippen molar-refractivity contribution < 1.29 is 4.43 Å². The lowest BCUT2D eigenvalue weighted by Crippen LogP contribution is -2.47. The van der Waals surface area contributed by atoms with Crippen molar-refractivity contribution in [2.24, 2.45) is 0 Å². The summed E-state index contributed by atoms with van der Waals surface area (Å²) in [6.45, 7) is 13.9. The zero-order valence-electron chi connectivity index (χ0n) is 11.5. The second-order valence-corrected chi connectivity index (χ2v) is 10.9. The molecule has 1 aliphatic rings. The van der Waals surface area contributed by atoms with E-state index < -0.39 is 8.32 Å². The number of hydrogen-bond acceptors (Lipinski definition) is 1. The average Bonchev–Trinajstić information content (AvgIpc) is 2.64. The van der Waals surface area contributed by atoms with Gasteiger partial charge in [-0.1, -0.05) is 41.5 Å². The number of rotatable bonds is 5. The average molecular weight is 235 g/mol. The van der Waals surface area contributed by atoms with Gasteiger partial charge in [-0.05, 0) is 28.7 Å². The fourth-order valence-corrected chi connectivity index (χ4v) is 8.23. The summed E-state index contributed by atoms with van der Waals surface area (Å²) in [5.74, 6) is 6.40. The van der Waals surface area contributed by atoms with E-state index in [0.29, 0.717) is 16.6 Å². The molecule has 1 rings (SSSR count). The van der Waals surface area contributed by atoms with Crippen molar-refractivity contribution in [3.8, 4) is 0 Å². The minimum absolute atomic E-state index is 0.635. The van der Waals surface area contributed by atoms with Crippen LogP contribution in [0.3, 0.4) is 0 Å². The SMILES string of the molecule is CC(C)[Si](OC1=[C]BC=C1)(C(C)C)C(C)C. The van der Waals surface area contributed by atoms with Gasteiger partial charge >= 0.3 is 0 Å². The third-order valence-corrected chi connectivity index (χ3v) is 9.64. The van der Waals surface area contributed by atoms with Crippen LogP contribution >= 0.6 is 0 Å². The van der Waals surface area contributed by atoms with Gasteiger partial charge in [0.2, 0.25) is 0 Å². The third kappa shape index (κ3) is 2.45. The van der Waals surface area contributed by atoms with Crippen LogP contribution in [0.15, 0.2) is 17.8 Å². The number of allylic oxidation sites excluding steroid dienone is 1. The molecule has 0 unspecified atom stereocenters. The Morgan fingerprint density at radius 2 is 1.56 bits per heavy atom. The summed E-state index contributed by atoms with van der Waals surface area (Å²) in [4.78, 5) is 0. The van der Waals surface area contributed by atoms with Crippen molar-refractivity contribution in [1.82, 2.24) is 0 Å². The van der Waals surface area contributed by atoms with Crippen molar-refractivity contribution >= 4 is 15.6 Å². The molecule has 16 heavy (non-hydrogen) atoms. The second kappa shape index (κ2) is 5.26. The fraction of sp³-hybridized carbons (Fsp3) is 0.692. The van der Waals surface area contributed by atoms with Gasteiger partial charge in [-0.15, -0.1) is 5.98 Å². The van der Waals surface area contributed by atoms with Crippen molar-refractivity contribution in [3.63, 3.8) is 0 Å². The van der Waals surface area contributed by atoms with Gasteiger partial charge in [0, 0.05) is 0 Å². The first-order chi connectivity index (χ1) is 7.41. The summed E-state index contributed by atoms with van der Waals surface area (Å²) in [7, 11) is -0.833. The second-order valence-electron chi connectivity index (χ2n) is 5.57. The lowest BCUT2D eigenvalue weighted by molar-refractivity contribution is 0.387. The Kier molecular flexibility index (Phi) is 4.48. The van der Waals surface area contributed by atoms with Gasteiger partial charge in [-0.25, -0.2) is 0 Å². The zero-order chi connectivity index (χ0) is 12.3. The Labute approximate surface area is 102 Å². The summed E-state index contributed by atoms with van der Waals surface area (Å²) in [6.07, 6.45) is 2.08. The van der Waals surface area contributed by atoms with E-state index in [1.807, 2.05) is 0 Å². The standard InChI is InChI=1S/C13H24BOSi/c1-10(2)16(11(3)4,12(5)6)15-13-7-8-14-9-13/h7-8,10-12,14H,1-6H3. The lowest BCUT2D eigenvalue weighted by atomic mass is 9.82. The van der Waals surface area contributed by atoms with E-state index >= 15 is 0 Å². The summed E-state index contributed by atoms with van der Waals surface area (Å²) < 4.78 is 6.44. The molecule has 89 valence electrons. The van der Waals surface area contributed by atoms with Crippen LogP contribution in [0, 0.1) is 5.98 Å². The maximum absolute atomic E-state index is 6.44. The van der Waals surface area contributed by atoms with E-state index in [-0.39, 0.29) is 0 Å². The summed E-state index contributed by atoms with van der Waals surface area (Å²) in [5.41, 5.74) is 1.90. The van der Waals surface area contributed by atoms with Gasteiger partial charge in [0.1, 0.15) is 0 Å². The maximum atomic E-state index is 6.44. The quantitative estimate of drug-likeness (QED) is 0.659. The highest BCUT2D eigenvalue weighted by molar-refractivity contribution is 6.78. The van der Waals surface area contributed by atoms with Crippen LogP contribution < -0.4 is 0 Å². The molecule has 1 heterocycles. The first-order valence-electron chi connectivity index (χ1n) is 6.37. The molecule has 0 fully saturated rings. The maximum Gasteiger partial charge on any atom is 0.258 e. The Balaban J connectivity index is 2.97. The topological polar surface area (TPSA) is 9.23 Å². The van der Waals surface area contributed by atoms with E-state index in [2.05, 4.69) is 59.6 Å². The minimum Gasteiger partial charge on any atom is -0.543 e. The fourth-order valence-electron chi connectivity index (χ4n) is 3.00. The Morgan fingerprint density at radius 3 is 1.88 bits per heavy atom. The molecule has 0 aromatic carbocycles. The summed E-state index contributed by atoms with van der Waals surface area (Å²) in [5, 5.41) is 0. The Bertz CT molecular complexity index is 271. The van der Waals surface area contributed by atoms with Gasteiger partial charge < -0.3 is 4.43 Å². The minimum atomic E-state index is -1.74. The van der Waals surface area contributed by atoms with E-state index in [9.17, 15) is 0 Å². The van der Waals surface area contributed by atoms with E-state index in [1.165, 1.54) is 0 Å². The Morgan fingerprint density at radius 1 is 1.06 bits per heavy atom. The molecule has 0 aromatic heterocycles. The van der Waals surface area contributed by atoms with Crippen LogP contribution in [-0.4, -0.2) is 15.6 Å². The molecule has 0 aromatic rings. The smallest absolute Gasteiger partial charge is 0.258 e. The molecule has 0 amide bonds. The van der Waals surface area contributed by atoms with Crippen LogP contribution in [0.25, 0.3) is 0 Å². The zero-order valence-corrected chi connectivity index (χ0v) is 12.5. The molecule has 0 bridgehead atoms. The largest absolute Gasteiger partial charge is 0.543 e. The molecule has 0 spiro atoms. The predicted octanol–water partition coefficient (Wildman–Crippen LogP) is 3.79. The molecule has 1 aliphatic heterocycles. The molecule has 0 atom stereocenters. The lowest BCUT2D eigenvalue weighted by Gasteiger charge is -2.42. The molecule has 0 aliphatic carbocycles. The molecule has 0 saturated carbocycles. The molecule has 1 radical (unpaired) electrons. The van der Waals surface area contributed by atoms with E-state index in [4.69, 9.17) is 4.43 Å². The van der Waals surface area contributed by atoms with Gasteiger partial charge in [0.25, 0.3) is 8.32 Å². The van der Waals surface area contributed by atoms with Crippen LogP contribution in [0.4, 0.5) is 0 Å². The molecule has 0 saturated heterocycles. The van der Waals surface area contributed by atoms with Crippen LogP contribution in [-0.2, 0) is 4.43 Å². The highest BCUT2D eigenvalue weighted by atomic mass is 28.4. The predicted molar refractivity (Wildman–Crippen MR) is 75.2 cm³/mol. The van der Waals surface area contributed by atoms with Crippen molar-refractivity contribution in [1.29, 1.82) is 0 Å². The Hall–Kier alpha value is -0.438.